The highest BCUT2D eigenvalue weighted by Gasteiger charge is 2.12. The molecule has 1 aromatic carbocycles. The van der Waals surface area contributed by atoms with Gasteiger partial charge in [-0.2, -0.15) is 17.0 Å². The van der Waals surface area contributed by atoms with Crippen LogP contribution in [-0.4, -0.2) is 18.8 Å². The normalized spacial score (nSPS) is 12.4. The second kappa shape index (κ2) is 6.53. The Morgan fingerprint density at radius 1 is 1.47 bits per heavy atom. The third kappa shape index (κ3) is 3.95. The second-order valence-electron chi connectivity index (χ2n) is 4.25. The zero-order chi connectivity index (χ0) is 12.8. The van der Waals surface area contributed by atoms with E-state index < -0.39 is 0 Å². The quantitative estimate of drug-likeness (QED) is 0.787. The van der Waals surface area contributed by atoms with Crippen molar-refractivity contribution in [3.8, 4) is 6.07 Å². The molecule has 4 heteroatoms. The van der Waals surface area contributed by atoms with Crippen LogP contribution >= 0.6 is 11.8 Å². The van der Waals surface area contributed by atoms with E-state index in [-0.39, 0.29) is 0 Å². The molecule has 0 spiro atoms. The van der Waals surface area contributed by atoms with E-state index in [1.807, 2.05) is 18.2 Å². The molecule has 0 heterocycles. The van der Waals surface area contributed by atoms with Crippen LogP contribution in [0.4, 0.5) is 5.69 Å². The van der Waals surface area contributed by atoms with Gasteiger partial charge in [-0.1, -0.05) is 19.9 Å². The Labute approximate surface area is 107 Å². The van der Waals surface area contributed by atoms with Gasteiger partial charge >= 0.3 is 0 Å². The monoisotopic (exact) mass is 249 g/mol. The summed E-state index contributed by atoms with van der Waals surface area (Å²) in [7, 11) is 0. The van der Waals surface area contributed by atoms with Gasteiger partial charge in [0.1, 0.15) is 6.07 Å². The Balaban J connectivity index is 2.85. The lowest BCUT2D eigenvalue weighted by Crippen LogP contribution is -2.26. The summed E-state index contributed by atoms with van der Waals surface area (Å²) in [6.45, 7) is 5.15. The average molecular weight is 249 g/mol. The van der Waals surface area contributed by atoms with Crippen molar-refractivity contribution in [2.24, 2.45) is 0 Å². The lowest BCUT2D eigenvalue weighted by Gasteiger charge is -2.18. The lowest BCUT2D eigenvalue weighted by molar-refractivity contribution is 0.586. The van der Waals surface area contributed by atoms with Gasteiger partial charge in [-0.05, 0) is 24.0 Å². The standard InChI is InChI=1S/C13H19N3S/c1-9(2)16-8-13(17-3)10-4-5-12(15)11(6-10)7-14/h4-6,9,13,16H,8,15H2,1-3H3. The minimum atomic E-state index is 0.352. The molecule has 92 valence electrons. The van der Waals surface area contributed by atoms with Gasteiger partial charge < -0.3 is 11.1 Å². The van der Waals surface area contributed by atoms with Crippen molar-refractivity contribution in [2.45, 2.75) is 25.1 Å². The summed E-state index contributed by atoms with van der Waals surface area (Å²) in [4.78, 5) is 0. The smallest absolute Gasteiger partial charge is 0.101 e. The van der Waals surface area contributed by atoms with Crippen molar-refractivity contribution in [1.82, 2.24) is 5.32 Å². The summed E-state index contributed by atoms with van der Waals surface area (Å²) in [6, 6.07) is 8.29. The number of anilines is 1. The van der Waals surface area contributed by atoms with E-state index in [4.69, 9.17) is 11.0 Å². The Hall–Kier alpha value is -1.18. The number of nitrogens with zero attached hydrogens (tertiary/aromatic N) is 1. The summed E-state index contributed by atoms with van der Waals surface area (Å²) in [5.41, 5.74) is 7.98. The first-order valence-corrected chi connectivity index (χ1v) is 6.93. The first kappa shape index (κ1) is 13.9. The molecule has 0 saturated carbocycles. The molecule has 0 fully saturated rings. The van der Waals surface area contributed by atoms with Crippen LogP contribution in [0.3, 0.4) is 0 Å². The summed E-state index contributed by atoms with van der Waals surface area (Å²) in [5, 5.41) is 12.7. The number of nitrogens with one attached hydrogen (secondary N) is 1. The minimum Gasteiger partial charge on any atom is -0.398 e. The van der Waals surface area contributed by atoms with Crippen LogP contribution in [0.5, 0.6) is 0 Å². The largest absolute Gasteiger partial charge is 0.398 e. The van der Waals surface area contributed by atoms with Crippen LogP contribution < -0.4 is 11.1 Å². The zero-order valence-corrected chi connectivity index (χ0v) is 11.3. The molecule has 0 radical (unpaired) electrons. The van der Waals surface area contributed by atoms with Gasteiger partial charge in [-0.3, -0.25) is 0 Å². The number of nitrogen functional groups attached to an aromatic ring is 1. The number of thioether (sulfide) groups is 1. The predicted octanol–water partition coefficient (Wildman–Crippen LogP) is 2.54. The van der Waals surface area contributed by atoms with Crippen molar-refractivity contribution in [2.75, 3.05) is 18.5 Å². The first-order chi connectivity index (χ1) is 8.08. The van der Waals surface area contributed by atoms with Gasteiger partial charge in [0.2, 0.25) is 0 Å². The Bertz CT molecular complexity index is 410. The fourth-order valence-electron chi connectivity index (χ4n) is 1.55. The maximum Gasteiger partial charge on any atom is 0.101 e. The van der Waals surface area contributed by atoms with Crippen LogP contribution in [0.15, 0.2) is 18.2 Å². The second-order valence-corrected chi connectivity index (χ2v) is 5.29. The van der Waals surface area contributed by atoms with Gasteiger partial charge in [0.15, 0.2) is 0 Å². The van der Waals surface area contributed by atoms with Crippen molar-refractivity contribution in [3.05, 3.63) is 29.3 Å². The van der Waals surface area contributed by atoms with Gasteiger partial charge in [-0.15, -0.1) is 0 Å². The molecule has 1 rings (SSSR count). The topological polar surface area (TPSA) is 61.8 Å². The maximum atomic E-state index is 8.96. The maximum absolute atomic E-state index is 8.96. The number of rotatable bonds is 5. The number of hydrogen-bond donors (Lipinski definition) is 2. The van der Waals surface area contributed by atoms with Crippen LogP contribution in [0, 0.1) is 11.3 Å². The van der Waals surface area contributed by atoms with Crippen molar-refractivity contribution >= 4 is 17.4 Å². The first-order valence-electron chi connectivity index (χ1n) is 5.64. The molecule has 3 nitrogen and oxygen atoms in total. The average Bonchev–Trinajstić information content (AvgIpc) is 2.31. The predicted molar refractivity (Wildman–Crippen MR) is 75.0 cm³/mol. The van der Waals surface area contributed by atoms with E-state index in [0.29, 0.717) is 22.5 Å². The molecule has 17 heavy (non-hydrogen) atoms. The highest BCUT2D eigenvalue weighted by Crippen LogP contribution is 2.28. The number of nitriles is 1. The summed E-state index contributed by atoms with van der Waals surface area (Å²) in [5.74, 6) is 0. The van der Waals surface area contributed by atoms with E-state index >= 15 is 0 Å². The van der Waals surface area contributed by atoms with E-state index in [0.717, 1.165) is 12.1 Å². The molecule has 1 unspecified atom stereocenters. The van der Waals surface area contributed by atoms with Gasteiger partial charge in [0.25, 0.3) is 0 Å². The van der Waals surface area contributed by atoms with Crippen LogP contribution in [0.25, 0.3) is 0 Å². The molecule has 1 aromatic rings. The van der Waals surface area contributed by atoms with Crippen LogP contribution in [0.1, 0.15) is 30.2 Å². The number of benzene rings is 1. The van der Waals surface area contributed by atoms with E-state index in [2.05, 4.69) is 31.5 Å². The molecule has 0 aliphatic heterocycles. The fraction of sp³-hybridized carbons (Fsp3) is 0.462. The molecular weight excluding hydrogens is 230 g/mol. The number of hydrogen-bond acceptors (Lipinski definition) is 4. The molecule has 0 aliphatic carbocycles. The molecule has 0 bridgehead atoms. The Kier molecular flexibility index (Phi) is 5.33. The molecule has 0 aliphatic rings. The molecular formula is C13H19N3S. The molecule has 0 amide bonds. The van der Waals surface area contributed by atoms with Gasteiger partial charge in [0, 0.05) is 23.5 Å². The van der Waals surface area contributed by atoms with Crippen molar-refractivity contribution < 1.29 is 0 Å². The van der Waals surface area contributed by atoms with E-state index in [1.54, 1.807) is 11.8 Å². The fourth-order valence-corrected chi connectivity index (χ4v) is 2.23. The van der Waals surface area contributed by atoms with Gasteiger partial charge in [0.05, 0.1) is 5.56 Å². The van der Waals surface area contributed by atoms with Crippen molar-refractivity contribution in [3.63, 3.8) is 0 Å². The highest BCUT2D eigenvalue weighted by molar-refractivity contribution is 7.98. The van der Waals surface area contributed by atoms with Crippen molar-refractivity contribution in [1.29, 1.82) is 5.26 Å². The minimum absolute atomic E-state index is 0.352. The molecule has 0 saturated heterocycles. The third-order valence-electron chi connectivity index (χ3n) is 2.57. The Morgan fingerprint density at radius 2 is 2.18 bits per heavy atom. The van der Waals surface area contributed by atoms with Crippen LogP contribution in [0.2, 0.25) is 0 Å². The summed E-state index contributed by atoms with van der Waals surface area (Å²) < 4.78 is 0. The summed E-state index contributed by atoms with van der Waals surface area (Å²) >= 11 is 1.78. The molecule has 1 atom stereocenters. The van der Waals surface area contributed by atoms with E-state index in [1.165, 1.54) is 0 Å². The SMILES string of the molecule is CSC(CNC(C)C)c1ccc(N)c(C#N)c1. The molecule has 3 N–H and O–H groups in total. The summed E-state index contributed by atoms with van der Waals surface area (Å²) in [6.07, 6.45) is 2.08. The Morgan fingerprint density at radius 3 is 2.71 bits per heavy atom. The van der Waals surface area contributed by atoms with E-state index in [9.17, 15) is 0 Å². The number of nitrogens with two attached hydrogens (primary N) is 1. The zero-order valence-electron chi connectivity index (χ0n) is 10.5. The van der Waals surface area contributed by atoms with Gasteiger partial charge in [-0.25, -0.2) is 0 Å². The third-order valence-corrected chi connectivity index (χ3v) is 3.57. The highest BCUT2D eigenvalue weighted by atomic mass is 32.2. The lowest BCUT2D eigenvalue weighted by atomic mass is 10.1. The van der Waals surface area contributed by atoms with Crippen LogP contribution in [-0.2, 0) is 0 Å². The molecule has 0 aromatic heterocycles.